The van der Waals surface area contributed by atoms with Crippen LogP contribution in [-0.4, -0.2) is 25.7 Å². The smallest absolute Gasteiger partial charge is 0.310 e. The second-order valence-electron chi connectivity index (χ2n) is 4.31. The molecule has 1 unspecified atom stereocenters. The molecule has 0 aliphatic rings. The van der Waals surface area contributed by atoms with Gasteiger partial charge in [-0.25, -0.2) is 8.42 Å². The summed E-state index contributed by atoms with van der Waals surface area (Å²) in [6.45, 7) is 5.12. The number of benzene rings is 1. The van der Waals surface area contributed by atoms with Crippen LogP contribution in [0.2, 0.25) is 0 Å². The van der Waals surface area contributed by atoms with E-state index in [0.29, 0.717) is 5.56 Å². The third kappa shape index (κ3) is 2.85. The standard InChI is InChI=1S/C12H16O4S/c1-7-5-10(9(3)12(13)14)11(6-8(7)2)17(4,15)16/h5-6,9H,1-4H3,(H,13,14). The first-order chi connectivity index (χ1) is 7.64. The van der Waals surface area contributed by atoms with E-state index in [1.807, 2.05) is 6.92 Å². The van der Waals surface area contributed by atoms with Crippen molar-refractivity contribution in [2.24, 2.45) is 0 Å². The maximum Gasteiger partial charge on any atom is 0.310 e. The molecule has 0 aliphatic heterocycles. The van der Waals surface area contributed by atoms with Crippen LogP contribution >= 0.6 is 0 Å². The molecule has 0 bridgehead atoms. The summed E-state index contributed by atoms with van der Waals surface area (Å²) in [6, 6.07) is 3.18. The van der Waals surface area contributed by atoms with Crippen molar-refractivity contribution in [3.63, 3.8) is 0 Å². The summed E-state index contributed by atoms with van der Waals surface area (Å²) < 4.78 is 23.3. The predicted molar refractivity (Wildman–Crippen MR) is 65.1 cm³/mol. The van der Waals surface area contributed by atoms with Crippen molar-refractivity contribution in [3.8, 4) is 0 Å². The lowest BCUT2D eigenvalue weighted by Crippen LogP contribution is -2.13. The molecule has 0 heterocycles. The van der Waals surface area contributed by atoms with E-state index < -0.39 is 21.7 Å². The fourth-order valence-electron chi connectivity index (χ4n) is 1.60. The number of hydrogen-bond donors (Lipinski definition) is 1. The van der Waals surface area contributed by atoms with Gasteiger partial charge in [-0.1, -0.05) is 6.07 Å². The normalized spacial score (nSPS) is 13.4. The Morgan fingerprint density at radius 3 is 2.12 bits per heavy atom. The monoisotopic (exact) mass is 256 g/mol. The Kier molecular flexibility index (Phi) is 3.62. The molecule has 1 atom stereocenters. The Balaban J connectivity index is 3.58. The van der Waals surface area contributed by atoms with Gasteiger partial charge in [0.25, 0.3) is 0 Å². The lowest BCUT2D eigenvalue weighted by Gasteiger charge is -2.14. The zero-order chi connectivity index (χ0) is 13.4. The third-order valence-corrected chi connectivity index (χ3v) is 4.02. The zero-order valence-electron chi connectivity index (χ0n) is 10.3. The van der Waals surface area contributed by atoms with Gasteiger partial charge in [-0.3, -0.25) is 4.79 Å². The molecule has 0 saturated carbocycles. The van der Waals surface area contributed by atoms with Crippen LogP contribution in [0, 0.1) is 13.8 Å². The summed E-state index contributed by atoms with van der Waals surface area (Å²) >= 11 is 0. The largest absolute Gasteiger partial charge is 0.481 e. The van der Waals surface area contributed by atoms with E-state index in [9.17, 15) is 13.2 Å². The van der Waals surface area contributed by atoms with Gasteiger partial charge >= 0.3 is 5.97 Å². The van der Waals surface area contributed by atoms with Crippen molar-refractivity contribution >= 4 is 15.8 Å². The highest BCUT2D eigenvalue weighted by atomic mass is 32.2. The van der Waals surface area contributed by atoms with Crippen LogP contribution in [0.3, 0.4) is 0 Å². The Morgan fingerprint density at radius 1 is 1.24 bits per heavy atom. The maximum atomic E-state index is 11.7. The summed E-state index contributed by atoms with van der Waals surface area (Å²) in [5.74, 6) is -1.86. The van der Waals surface area contributed by atoms with Crippen LogP contribution < -0.4 is 0 Å². The van der Waals surface area contributed by atoms with Crippen LogP contribution in [0.15, 0.2) is 17.0 Å². The molecular formula is C12H16O4S. The van der Waals surface area contributed by atoms with Crippen molar-refractivity contribution in [2.45, 2.75) is 31.6 Å². The minimum atomic E-state index is -3.41. The fraction of sp³-hybridized carbons (Fsp3) is 0.417. The Labute approximate surface area is 101 Å². The molecule has 17 heavy (non-hydrogen) atoms. The molecule has 4 nitrogen and oxygen atoms in total. The number of aliphatic carboxylic acids is 1. The molecule has 0 aliphatic carbocycles. The lowest BCUT2D eigenvalue weighted by molar-refractivity contribution is -0.138. The molecule has 0 radical (unpaired) electrons. The van der Waals surface area contributed by atoms with E-state index in [1.54, 1.807) is 19.1 Å². The highest BCUT2D eigenvalue weighted by Crippen LogP contribution is 2.27. The van der Waals surface area contributed by atoms with E-state index in [0.717, 1.165) is 17.4 Å². The van der Waals surface area contributed by atoms with E-state index in [1.165, 1.54) is 6.92 Å². The van der Waals surface area contributed by atoms with Crippen LogP contribution in [0.5, 0.6) is 0 Å². The number of carbonyl (C=O) groups is 1. The summed E-state index contributed by atoms with van der Waals surface area (Å²) in [5.41, 5.74) is 2.08. The molecule has 0 spiro atoms. The first-order valence-corrected chi connectivity index (χ1v) is 7.07. The molecule has 0 fully saturated rings. The number of carboxylic acids is 1. The first kappa shape index (κ1) is 13.7. The zero-order valence-corrected chi connectivity index (χ0v) is 11.1. The van der Waals surface area contributed by atoms with Crippen LogP contribution in [0.1, 0.15) is 29.5 Å². The highest BCUT2D eigenvalue weighted by molar-refractivity contribution is 7.90. The van der Waals surface area contributed by atoms with E-state index >= 15 is 0 Å². The molecule has 0 amide bonds. The number of hydrogen-bond acceptors (Lipinski definition) is 3. The summed E-state index contributed by atoms with van der Waals surface area (Å²) in [5, 5.41) is 8.99. The van der Waals surface area contributed by atoms with E-state index in [-0.39, 0.29) is 4.90 Å². The molecule has 0 saturated heterocycles. The van der Waals surface area contributed by atoms with Crippen molar-refractivity contribution in [2.75, 3.05) is 6.26 Å². The van der Waals surface area contributed by atoms with Gasteiger partial charge in [0, 0.05) is 6.26 Å². The minimum absolute atomic E-state index is 0.107. The Bertz CT molecular complexity index is 558. The van der Waals surface area contributed by atoms with Gasteiger partial charge < -0.3 is 5.11 Å². The van der Waals surface area contributed by atoms with Crippen molar-refractivity contribution in [3.05, 3.63) is 28.8 Å². The van der Waals surface area contributed by atoms with Gasteiger partial charge in [-0.05, 0) is 43.5 Å². The maximum absolute atomic E-state index is 11.7. The average molecular weight is 256 g/mol. The molecule has 0 aromatic heterocycles. The highest BCUT2D eigenvalue weighted by Gasteiger charge is 2.23. The topological polar surface area (TPSA) is 71.4 Å². The average Bonchev–Trinajstić information content (AvgIpc) is 2.18. The van der Waals surface area contributed by atoms with Gasteiger partial charge in [0.15, 0.2) is 9.84 Å². The minimum Gasteiger partial charge on any atom is -0.481 e. The van der Waals surface area contributed by atoms with Gasteiger partial charge in [0.05, 0.1) is 10.8 Å². The number of rotatable bonds is 3. The summed E-state index contributed by atoms with van der Waals surface area (Å²) in [7, 11) is -3.41. The van der Waals surface area contributed by atoms with Crippen LogP contribution in [0.25, 0.3) is 0 Å². The van der Waals surface area contributed by atoms with Crippen molar-refractivity contribution in [1.29, 1.82) is 0 Å². The number of aryl methyl sites for hydroxylation is 2. The lowest BCUT2D eigenvalue weighted by atomic mass is 9.97. The summed E-state index contributed by atoms with van der Waals surface area (Å²) in [4.78, 5) is 11.1. The third-order valence-electron chi connectivity index (χ3n) is 2.86. The predicted octanol–water partition coefficient (Wildman–Crippen LogP) is 1.90. The van der Waals surface area contributed by atoms with Crippen LogP contribution in [-0.2, 0) is 14.6 Å². The molecular weight excluding hydrogens is 240 g/mol. The van der Waals surface area contributed by atoms with Gasteiger partial charge in [0.1, 0.15) is 0 Å². The second-order valence-corrected chi connectivity index (χ2v) is 6.29. The number of carboxylic acid groups (broad SMARTS) is 1. The van der Waals surface area contributed by atoms with Crippen molar-refractivity contribution < 1.29 is 18.3 Å². The summed E-state index contributed by atoms with van der Waals surface area (Å²) in [6.07, 6.45) is 1.09. The molecule has 1 aromatic rings. The SMILES string of the molecule is Cc1cc(C(C)C(=O)O)c(S(C)(=O)=O)cc1C. The molecule has 1 N–H and O–H groups in total. The van der Waals surface area contributed by atoms with Crippen LogP contribution in [0.4, 0.5) is 0 Å². The van der Waals surface area contributed by atoms with E-state index in [4.69, 9.17) is 5.11 Å². The van der Waals surface area contributed by atoms with E-state index in [2.05, 4.69) is 0 Å². The van der Waals surface area contributed by atoms with Gasteiger partial charge in [-0.2, -0.15) is 0 Å². The Hall–Kier alpha value is -1.36. The van der Waals surface area contributed by atoms with Crippen molar-refractivity contribution in [1.82, 2.24) is 0 Å². The quantitative estimate of drug-likeness (QED) is 0.896. The second kappa shape index (κ2) is 4.49. The Morgan fingerprint density at radius 2 is 1.71 bits per heavy atom. The molecule has 5 heteroatoms. The molecule has 1 aromatic carbocycles. The number of sulfone groups is 1. The first-order valence-electron chi connectivity index (χ1n) is 5.18. The van der Waals surface area contributed by atoms with Gasteiger partial charge in [-0.15, -0.1) is 0 Å². The molecule has 1 rings (SSSR count). The molecule has 94 valence electrons. The van der Waals surface area contributed by atoms with Gasteiger partial charge in [0.2, 0.25) is 0 Å². The fourth-order valence-corrected chi connectivity index (χ4v) is 2.66.